The molecule has 3 aromatic rings. The average Bonchev–Trinajstić information content (AvgIpc) is 2.84. The number of likely N-dealkylation sites (tertiary alicyclic amines) is 1. The number of rotatable bonds is 6. The van der Waals surface area contributed by atoms with Gasteiger partial charge in [0.2, 0.25) is 0 Å². The van der Waals surface area contributed by atoms with E-state index in [1.54, 1.807) is 30.3 Å². The van der Waals surface area contributed by atoms with Crippen LogP contribution in [-0.2, 0) is 6.18 Å². The SMILES string of the molecule is C/C(=N\C(=O)c1ccc2c(Oc3ccc(C(F)(F)F)cc3)cccc2c1)C1CCN(CCF)CC1. The Labute approximate surface area is 201 Å². The molecule has 8 heteroatoms. The number of amides is 1. The highest BCUT2D eigenvalue weighted by molar-refractivity contribution is 6.06. The second-order valence-electron chi connectivity index (χ2n) is 8.68. The number of fused-ring (bicyclic) bond motifs is 1. The summed E-state index contributed by atoms with van der Waals surface area (Å²) in [6.07, 6.45) is -2.70. The minimum Gasteiger partial charge on any atom is -0.457 e. The molecule has 35 heavy (non-hydrogen) atoms. The Bertz CT molecular complexity index is 1210. The number of hydrogen-bond acceptors (Lipinski definition) is 3. The zero-order chi connectivity index (χ0) is 25.0. The summed E-state index contributed by atoms with van der Waals surface area (Å²) in [7, 11) is 0. The number of hydrogen-bond donors (Lipinski definition) is 0. The van der Waals surface area contributed by atoms with Gasteiger partial charge < -0.3 is 9.64 Å². The van der Waals surface area contributed by atoms with Crippen LogP contribution >= 0.6 is 0 Å². The first-order chi connectivity index (χ1) is 16.7. The number of carbonyl (C=O) groups is 1. The molecular formula is C27H26F4N2O2. The molecule has 1 saturated heterocycles. The summed E-state index contributed by atoms with van der Waals surface area (Å²) in [4.78, 5) is 19.2. The van der Waals surface area contributed by atoms with Gasteiger partial charge in [0.15, 0.2) is 0 Å². The maximum Gasteiger partial charge on any atom is 0.416 e. The highest BCUT2D eigenvalue weighted by Crippen LogP contribution is 2.34. The van der Waals surface area contributed by atoms with Gasteiger partial charge in [-0.1, -0.05) is 12.1 Å². The lowest BCUT2D eigenvalue weighted by atomic mass is 9.92. The van der Waals surface area contributed by atoms with Crippen molar-refractivity contribution in [3.63, 3.8) is 0 Å². The number of halogens is 4. The molecule has 184 valence electrons. The number of benzene rings is 3. The number of nitrogens with zero attached hydrogens (tertiary/aromatic N) is 2. The zero-order valence-electron chi connectivity index (χ0n) is 19.3. The quantitative estimate of drug-likeness (QED) is 0.280. The van der Waals surface area contributed by atoms with Crippen LogP contribution in [0.3, 0.4) is 0 Å². The van der Waals surface area contributed by atoms with Crippen molar-refractivity contribution >= 4 is 22.4 Å². The monoisotopic (exact) mass is 486 g/mol. The fourth-order valence-corrected chi connectivity index (χ4v) is 4.32. The minimum absolute atomic E-state index is 0.207. The number of carbonyl (C=O) groups excluding carboxylic acids is 1. The van der Waals surface area contributed by atoms with Crippen LogP contribution in [0.4, 0.5) is 17.6 Å². The van der Waals surface area contributed by atoms with Gasteiger partial charge in [0, 0.05) is 23.2 Å². The van der Waals surface area contributed by atoms with Gasteiger partial charge in [-0.25, -0.2) is 9.38 Å². The molecule has 0 radical (unpaired) electrons. The van der Waals surface area contributed by atoms with Crippen molar-refractivity contribution in [2.75, 3.05) is 26.3 Å². The van der Waals surface area contributed by atoms with E-state index in [-0.39, 0.29) is 24.2 Å². The van der Waals surface area contributed by atoms with Gasteiger partial charge in [-0.15, -0.1) is 0 Å². The van der Waals surface area contributed by atoms with Gasteiger partial charge in [-0.2, -0.15) is 13.2 Å². The molecule has 0 unspecified atom stereocenters. The first-order valence-corrected chi connectivity index (χ1v) is 11.5. The minimum atomic E-state index is -4.41. The van der Waals surface area contributed by atoms with Gasteiger partial charge in [0.1, 0.15) is 18.2 Å². The van der Waals surface area contributed by atoms with E-state index in [2.05, 4.69) is 9.89 Å². The number of alkyl halides is 4. The van der Waals surface area contributed by atoms with E-state index in [1.165, 1.54) is 12.1 Å². The zero-order valence-corrected chi connectivity index (χ0v) is 19.3. The third-order valence-corrected chi connectivity index (χ3v) is 6.35. The van der Waals surface area contributed by atoms with Gasteiger partial charge in [-0.3, -0.25) is 4.79 Å². The Morgan fingerprint density at radius 2 is 1.77 bits per heavy atom. The second kappa shape index (κ2) is 10.6. The largest absolute Gasteiger partial charge is 0.457 e. The summed E-state index contributed by atoms with van der Waals surface area (Å²) in [6.45, 7) is 3.56. The highest BCUT2D eigenvalue weighted by Gasteiger charge is 2.30. The molecule has 1 aliphatic rings. The molecule has 0 bridgehead atoms. The fourth-order valence-electron chi connectivity index (χ4n) is 4.32. The lowest BCUT2D eigenvalue weighted by molar-refractivity contribution is -0.137. The van der Waals surface area contributed by atoms with Crippen LogP contribution in [0.1, 0.15) is 35.7 Å². The normalized spacial score (nSPS) is 16.0. The molecule has 4 nitrogen and oxygen atoms in total. The molecule has 1 aliphatic heterocycles. The molecule has 0 N–H and O–H groups in total. The van der Waals surface area contributed by atoms with Crippen LogP contribution in [0.25, 0.3) is 10.8 Å². The van der Waals surface area contributed by atoms with E-state index < -0.39 is 11.7 Å². The molecule has 0 atom stereocenters. The molecular weight excluding hydrogens is 460 g/mol. The summed E-state index contributed by atoms with van der Waals surface area (Å²) >= 11 is 0. The van der Waals surface area contributed by atoms with Crippen molar-refractivity contribution in [1.82, 2.24) is 4.90 Å². The Hall–Kier alpha value is -3.26. The Morgan fingerprint density at radius 3 is 2.43 bits per heavy atom. The van der Waals surface area contributed by atoms with Gasteiger partial charge >= 0.3 is 6.18 Å². The van der Waals surface area contributed by atoms with Crippen LogP contribution in [0, 0.1) is 5.92 Å². The molecule has 0 aromatic heterocycles. The molecule has 4 rings (SSSR count). The van der Waals surface area contributed by atoms with Gasteiger partial charge in [0.25, 0.3) is 5.91 Å². The second-order valence-corrected chi connectivity index (χ2v) is 8.68. The highest BCUT2D eigenvalue weighted by atomic mass is 19.4. The third kappa shape index (κ3) is 6.06. The van der Waals surface area contributed by atoms with Crippen LogP contribution in [0.15, 0.2) is 65.7 Å². The van der Waals surface area contributed by atoms with E-state index >= 15 is 0 Å². The van der Waals surface area contributed by atoms with E-state index in [9.17, 15) is 22.4 Å². The van der Waals surface area contributed by atoms with Crippen LogP contribution < -0.4 is 4.74 Å². The molecule has 0 saturated carbocycles. The average molecular weight is 487 g/mol. The summed E-state index contributed by atoms with van der Waals surface area (Å²) in [5.41, 5.74) is 0.486. The van der Waals surface area contributed by atoms with Gasteiger partial charge in [-0.05, 0) is 92.7 Å². The van der Waals surface area contributed by atoms with E-state index in [4.69, 9.17) is 4.74 Å². The molecule has 0 aliphatic carbocycles. The Morgan fingerprint density at radius 1 is 1.06 bits per heavy atom. The molecule has 0 spiro atoms. The number of piperidine rings is 1. The lowest BCUT2D eigenvalue weighted by Crippen LogP contribution is -2.37. The molecule has 1 fully saturated rings. The smallest absolute Gasteiger partial charge is 0.416 e. The van der Waals surface area contributed by atoms with E-state index in [0.29, 0.717) is 17.9 Å². The Balaban J connectivity index is 1.48. The standard InChI is InChI=1S/C27H26F4N2O2/c1-18(19-11-14-33(15-12-19)16-13-28)32-26(34)21-5-10-24-20(17-21)3-2-4-25(24)35-23-8-6-22(7-9-23)27(29,30)31/h2-10,17,19H,11-16H2,1H3/b32-18+. The van der Waals surface area contributed by atoms with E-state index in [0.717, 1.165) is 54.5 Å². The first-order valence-electron chi connectivity index (χ1n) is 11.5. The van der Waals surface area contributed by atoms with Crippen molar-refractivity contribution in [1.29, 1.82) is 0 Å². The Kier molecular flexibility index (Phi) is 7.50. The topological polar surface area (TPSA) is 41.9 Å². The maximum absolute atomic E-state index is 12.8. The third-order valence-electron chi connectivity index (χ3n) is 6.35. The summed E-state index contributed by atoms with van der Waals surface area (Å²) in [5, 5.41) is 1.48. The van der Waals surface area contributed by atoms with Crippen molar-refractivity contribution < 1.29 is 27.1 Å². The van der Waals surface area contributed by atoms with Crippen molar-refractivity contribution in [3.05, 3.63) is 71.8 Å². The van der Waals surface area contributed by atoms with E-state index in [1.807, 2.05) is 13.0 Å². The molecule has 1 heterocycles. The first kappa shape index (κ1) is 24.9. The van der Waals surface area contributed by atoms with Gasteiger partial charge in [0.05, 0.1) is 5.56 Å². The van der Waals surface area contributed by atoms with Crippen molar-refractivity contribution in [2.45, 2.75) is 25.9 Å². The van der Waals surface area contributed by atoms with Crippen molar-refractivity contribution in [3.8, 4) is 11.5 Å². The molecule has 1 amide bonds. The lowest BCUT2D eigenvalue weighted by Gasteiger charge is -2.31. The van der Waals surface area contributed by atoms with Crippen LogP contribution in [0.2, 0.25) is 0 Å². The maximum atomic E-state index is 12.8. The predicted octanol–water partition coefficient (Wildman–Crippen LogP) is 6.93. The summed E-state index contributed by atoms with van der Waals surface area (Å²) in [5.74, 6) is 0.632. The summed E-state index contributed by atoms with van der Waals surface area (Å²) in [6, 6.07) is 15.0. The predicted molar refractivity (Wildman–Crippen MR) is 128 cm³/mol. The molecule has 3 aromatic carbocycles. The fraction of sp³-hybridized carbons (Fsp3) is 0.333. The van der Waals surface area contributed by atoms with Crippen molar-refractivity contribution in [2.24, 2.45) is 10.9 Å². The van der Waals surface area contributed by atoms with Crippen LogP contribution in [-0.4, -0.2) is 42.8 Å². The summed E-state index contributed by atoms with van der Waals surface area (Å²) < 4.78 is 56.7. The number of ether oxygens (including phenoxy) is 1. The number of aliphatic imine (C=N–C) groups is 1. The van der Waals surface area contributed by atoms with Crippen LogP contribution in [0.5, 0.6) is 11.5 Å².